The van der Waals surface area contributed by atoms with Crippen LogP contribution >= 0.6 is 0 Å². The molecule has 1 aromatic carbocycles. The molecule has 0 unspecified atom stereocenters. The van der Waals surface area contributed by atoms with Gasteiger partial charge in [-0.15, -0.1) is 5.10 Å². The molecule has 170 valence electrons. The molecule has 11 heteroatoms. The Morgan fingerprint density at radius 2 is 1.90 bits per heavy atom. The van der Waals surface area contributed by atoms with Crippen LogP contribution in [0.25, 0.3) is 22.8 Å². The van der Waals surface area contributed by atoms with Crippen molar-refractivity contribution in [3.05, 3.63) is 30.5 Å². The van der Waals surface area contributed by atoms with Gasteiger partial charge < -0.3 is 20.8 Å². The van der Waals surface area contributed by atoms with Crippen LogP contribution in [0, 0.1) is 0 Å². The molecule has 3 aromatic rings. The summed E-state index contributed by atoms with van der Waals surface area (Å²) >= 11 is 0. The summed E-state index contributed by atoms with van der Waals surface area (Å²) < 4.78 is 30.4. The highest BCUT2D eigenvalue weighted by Crippen LogP contribution is 2.27. The van der Waals surface area contributed by atoms with Gasteiger partial charge in [0, 0.05) is 15.9 Å². The van der Waals surface area contributed by atoms with Crippen LogP contribution < -0.4 is 16.4 Å². The molecule has 0 atom stereocenters. The van der Waals surface area contributed by atoms with Gasteiger partial charge >= 0.3 is 6.01 Å². The van der Waals surface area contributed by atoms with Crippen molar-refractivity contribution < 1.29 is 17.1 Å². The molecule has 31 heavy (non-hydrogen) atoms. The topological polar surface area (TPSA) is 149 Å². The third-order valence-electron chi connectivity index (χ3n) is 5.19. The van der Waals surface area contributed by atoms with E-state index >= 15 is 0 Å². The lowest BCUT2D eigenvalue weighted by molar-refractivity contribution is 0.464. The highest BCUT2D eigenvalue weighted by atomic mass is 32.2. The van der Waals surface area contributed by atoms with Crippen LogP contribution in [0.4, 0.5) is 11.8 Å². The lowest BCUT2D eigenvalue weighted by atomic mass is 10.1. The van der Waals surface area contributed by atoms with Crippen molar-refractivity contribution in [2.45, 2.75) is 42.9 Å². The van der Waals surface area contributed by atoms with Crippen molar-refractivity contribution in [1.82, 2.24) is 25.5 Å². The van der Waals surface area contributed by atoms with Gasteiger partial charge in [-0.05, 0) is 51.9 Å². The Labute approximate surface area is 185 Å². The predicted octanol–water partition coefficient (Wildman–Crippen LogP) is 2.86. The molecule has 4 rings (SSSR count). The minimum atomic E-state index is -3.34. The van der Waals surface area contributed by atoms with E-state index in [1.54, 1.807) is 38.1 Å². The number of nitrogens with zero attached hydrogens (tertiary/aromatic N) is 4. The Morgan fingerprint density at radius 3 is 2.58 bits per heavy atom. The molecular weight excluding hydrogens is 418 g/mol. The minimum Gasteiger partial charge on any atom is -0.402 e. The number of benzene rings is 1. The first-order valence-corrected chi connectivity index (χ1v) is 11.7. The van der Waals surface area contributed by atoms with E-state index in [0.29, 0.717) is 17.3 Å². The largest absolute Gasteiger partial charge is 0.402 e. The maximum atomic E-state index is 12.3. The summed E-state index contributed by atoms with van der Waals surface area (Å²) in [4.78, 5) is 8.99. The van der Waals surface area contributed by atoms with Crippen LogP contribution in [-0.2, 0) is 9.84 Å². The van der Waals surface area contributed by atoms with Gasteiger partial charge in [-0.1, -0.05) is 17.2 Å². The van der Waals surface area contributed by atoms with Crippen molar-refractivity contribution in [2.75, 3.05) is 24.1 Å². The van der Waals surface area contributed by atoms with Crippen LogP contribution in [0.1, 0.15) is 31.0 Å². The first-order valence-electron chi connectivity index (χ1n) is 10.1. The predicted molar refractivity (Wildman–Crippen MR) is 123 cm³/mol. The molecule has 0 aliphatic carbocycles. The standard InChI is InChI=1S/C20H25N7O3S.3H2/c1-12(2)31(28,29)15-5-3-13(4-6-15)16-11-23-18(21)17(25-16)19-26-27-20(30-19)24-14-7-9-22-10-8-14;;;/h3-6,11-12,14,22H,7-10H2,1-2H3,(H2,21,23)(H,24,27);3*1H. The molecule has 0 saturated carbocycles. The molecule has 1 fully saturated rings. The maximum absolute atomic E-state index is 12.3. The number of nitrogens with one attached hydrogen (secondary N) is 2. The molecule has 0 spiro atoms. The van der Waals surface area contributed by atoms with Gasteiger partial charge in [0.2, 0.25) is 0 Å². The highest BCUT2D eigenvalue weighted by Gasteiger charge is 2.21. The summed E-state index contributed by atoms with van der Waals surface area (Å²) in [6, 6.07) is 7.10. The Hall–Kier alpha value is -3.05. The zero-order valence-corrected chi connectivity index (χ0v) is 18.2. The summed E-state index contributed by atoms with van der Waals surface area (Å²) in [5.74, 6) is 0.335. The van der Waals surface area contributed by atoms with Crippen LogP contribution in [0.5, 0.6) is 0 Å². The van der Waals surface area contributed by atoms with Crippen molar-refractivity contribution in [3.63, 3.8) is 0 Å². The number of sulfone groups is 1. The first-order chi connectivity index (χ1) is 14.8. The SMILES string of the molecule is CC(C)S(=O)(=O)c1ccc(-c2cnc(N)c(-c3nnc(NC4CCNCC4)o3)n2)cc1.[HH].[HH].[HH]. The third kappa shape index (κ3) is 4.52. The van der Waals surface area contributed by atoms with E-state index in [9.17, 15) is 8.42 Å². The summed E-state index contributed by atoms with van der Waals surface area (Å²) in [6.45, 7) is 5.19. The average molecular weight is 450 g/mol. The molecule has 0 amide bonds. The fourth-order valence-corrected chi connectivity index (χ4v) is 4.36. The molecule has 1 aliphatic heterocycles. The second-order valence-corrected chi connectivity index (χ2v) is 10.2. The van der Waals surface area contributed by atoms with E-state index in [-0.39, 0.29) is 32.6 Å². The monoisotopic (exact) mass is 449 g/mol. The van der Waals surface area contributed by atoms with Gasteiger partial charge in [0.25, 0.3) is 5.89 Å². The molecular formula is C20H31N7O3S. The third-order valence-corrected chi connectivity index (χ3v) is 7.36. The molecule has 3 heterocycles. The van der Waals surface area contributed by atoms with Crippen molar-refractivity contribution in [2.24, 2.45) is 0 Å². The second-order valence-electron chi connectivity index (χ2n) is 7.69. The Morgan fingerprint density at radius 1 is 1.19 bits per heavy atom. The molecule has 1 aliphatic rings. The molecule has 0 bridgehead atoms. The van der Waals surface area contributed by atoms with Crippen molar-refractivity contribution >= 4 is 21.7 Å². The van der Waals surface area contributed by atoms with Gasteiger partial charge in [-0.25, -0.2) is 18.4 Å². The number of aromatic nitrogens is 4. The normalized spacial score (nSPS) is 15.3. The number of nitrogens with two attached hydrogens (primary N) is 1. The number of nitrogen functional groups attached to an aromatic ring is 1. The Balaban J connectivity index is 0.00000193. The van der Waals surface area contributed by atoms with Gasteiger partial charge in [-0.2, -0.15) is 0 Å². The zero-order valence-electron chi connectivity index (χ0n) is 17.4. The maximum Gasteiger partial charge on any atom is 0.316 e. The fraction of sp³-hybridized carbons (Fsp3) is 0.400. The van der Waals surface area contributed by atoms with E-state index in [1.165, 1.54) is 6.20 Å². The van der Waals surface area contributed by atoms with E-state index in [0.717, 1.165) is 25.9 Å². The molecule has 2 aromatic heterocycles. The highest BCUT2D eigenvalue weighted by molar-refractivity contribution is 7.92. The smallest absolute Gasteiger partial charge is 0.316 e. The quantitative estimate of drug-likeness (QED) is 0.512. The van der Waals surface area contributed by atoms with Crippen molar-refractivity contribution in [1.29, 1.82) is 0 Å². The molecule has 1 saturated heterocycles. The lowest BCUT2D eigenvalue weighted by Crippen LogP contribution is -2.35. The van der Waals surface area contributed by atoms with Crippen LogP contribution in [0.2, 0.25) is 0 Å². The molecule has 0 radical (unpaired) electrons. The minimum absolute atomic E-state index is 0. The Bertz CT molecular complexity index is 1170. The summed E-state index contributed by atoms with van der Waals surface area (Å²) in [6.07, 6.45) is 3.46. The van der Waals surface area contributed by atoms with Crippen LogP contribution in [-0.4, -0.2) is 53.0 Å². The van der Waals surface area contributed by atoms with E-state index < -0.39 is 15.1 Å². The fourth-order valence-electron chi connectivity index (χ4n) is 3.30. The van der Waals surface area contributed by atoms with Gasteiger partial charge in [0.15, 0.2) is 21.3 Å². The lowest BCUT2D eigenvalue weighted by Gasteiger charge is -2.22. The molecule has 4 N–H and O–H groups in total. The van der Waals surface area contributed by atoms with Gasteiger partial charge in [-0.3, -0.25) is 0 Å². The van der Waals surface area contributed by atoms with Crippen LogP contribution in [0.3, 0.4) is 0 Å². The van der Waals surface area contributed by atoms with Gasteiger partial charge in [0.05, 0.1) is 22.0 Å². The van der Waals surface area contributed by atoms with E-state index in [4.69, 9.17) is 10.2 Å². The van der Waals surface area contributed by atoms with E-state index in [2.05, 4.69) is 30.8 Å². The zero-order chi connectivity index (χ0) is 22.0. The number of hydrogen-bond donors (Lipinski definition) is 3. The average Bonchev–Trinajstić information content (AvgIpc) is 3.23. The van der Waals surface area contributed by atoms with Crippen molar-refractivity contribution in [3.8, 4) is 22.8 Å². The number of hydrogen-bond acceptors (Lipinski definition) is 10. The number of anilines is 2. The summed E-state index contributed by atoms with van der Waals surface area (Å²) in [7, 11) is -3.34. The van der Waals surface area contributed by atoms with Gasteiger partial charge in [0.1, 0.15) is 0 Å². The second kappa shape index (κ2) is 8.60. The summed E-state index contributed by atoms with van der Waals surface area (Å²) in [5.41, 5.74) is 7.49. The summed E-state index contributed by atoms with van der Waals surface area (Å²) in [5, 5.41) is 14.2. The van der Waals surface area contributed by atoms with E-state index in [1.807, 2.05) is 0 Å². The number of piperidine rings is 1. The number of rotatable bonds is 6. The van der Waals surface area contributed by atoms with Crippen LogP contribution in [0.15, 0.2) is 39.8 Å². The first kappa shape index (κ1) is 21.2. The molecule has 10 nitrogen and oxygen atoms in total. The Kier molecular flexibility index (Phi) is 5.88.